The van der Waals surface area contributed by atoms with Crippen LogP contribution in [0.3, 0.4) is 0 Å². The molecular formula is C24H15Cl2NO3. The fourth-order valence-corrected chi connectivity index (χ4v) is 4.50. The Balaban J connectivity index is 1.90. The lowest BCUT2D eigenvalue weighted by molar-refractivity contribution is -0.135. The second-order valence-electron chi connectivity index (χ2n) is 7.11. The van der Waals surface area contributed by atoms with Crippen LogP contribution in [0.2, 0.25) is 10.0 Å². The number of halogens is 2. The number of fused-ring (bicyclic) bond motifs is 3. The molecule has 1 unspecified atom stereocenters. The molecule has 148 valence electrons. The minimum Gasteiger partial charge on any atom is -0.425 e. The van der Waals surface area contributed by atoms with Crippen LogP contribution in [0.1, 0.15) is 23.5 Å². The van der Waals surface area contributed by atoms with E-state index < -0.39 is 11.9 Å². The van der Waals surface area contributed by atoms with Gasteiger partial charge in [-0.15, -0.1) is 0 Å². The minimum absolute atomic E-state index is 0.00936. The molecule has 0 radical (unpaired) electrons. The van der Waals surface area contributed by atoms with Crippen molar-refractivity contribution in [2.24, 2.45) is 0 Å². The van der Waals surface area contributed by atoms with Crippen molar-refractivity contribution in [2.45, 2.75) is 12.3 Å². The number of ether oxygens (including phenoxy) is 1. The Labute approximate surface area is 182 Å². The summed E-state index contributed by atoms with van der Waals surface area (Å²) in [5, 5.41) is 1.40. The molecule has 5 rings (SSSR count). The van der Waals surface area contributed by atoms with Gasteiger partial charge in [-0.2, -0.15) is 0 Å². The van der Waals surface area contributed by atoms with Gasteiger partial charge >= 0.3 is 5.97 Å². The number of para-hydroxylation sites is 2. The lowest BCUT2D eigenvalue weighted by Gasteiger charge is -2.27. The van der Waals surface area contributed by atoms with Crippen molar-refractivity contribution in [3.63, 3.8) is 0 Å². The first-order valence-electron chi connectivity index (χ1n) is 9.44. The Morgan fingerprint density at radius 3 is 2.40 bits per heavy atom. The molecule has 1 aromatic heterocycles. The van der Waals surface area contributed by atoms with Crippen LogP contribution in [-0.2, 0) is 4.79 Å². The molecule has 0 amide bonds. The quantitative estimate of drug-likeness (QED) is 0.377. The van der Waals surface area contributed by atoms with Gasteiger partial charge < -0.3 is 4.74 Å². The third-order valence-corrected chi connectivity index (χ3v) is 6.21. The number of hydrogen-bond donors (Lipinski definition) is 0. The smallest absolute Gasteiger partial charge is 0.312 e. The van der Waals surface area contributed by atoms with E-state index in [0.717, 1.165) is 5.69 Å². The largest absolute Gasteiger partial charge is 0.425 e. The first-order valence-corrected chi connectivity index (χ1v) is 10.2. The number of pyridine rings is 1. The molecule has 1 aliphatic rings. The van der Waals surface area contributed by atoms with E-state index in [4.69, 9.17) is 27.9 Å². The monoisotopic (exact) mass is 435 g/mol. The molecule has 1 atom stereocenters. The Kier molecular flexibility index (Phi) is 4.61. The molecule has 0 saturated heterocycles. The number of carbonyl (C=O) groups excluding carboxylic acids is 1. The number of hydrogen-bond acceptors (Lipinski definition) is 3. The van der Waals surface area contributed by atoms with E-state index in [1.807, 2.05) is 54.6 Å². The second-order valence-corrected chi connectivity index (χ2v) is 7.90. The third-order valence-electron chi connectivity index (χ3n) is 5.37. The zero-order chi connectivity index (χ0) is 20.8. The summed E-state index contributed by atoms with van der Waals surface area (Å²) in [6, 6.07) is 22.0. The van der Waals surface area contributed by atoms with Gasteiger partial charge in [0.15, 0.2) is 0 Å². The number of carbonyl (C=O) groups is 1. The molecule has 6 heteroatoms. The first-order chi connectivity index (χ1) is 14.6. The number of benzene rings is 3. The molecule has 4 aromatic rings. The van der Waals surface area contributed by atoms with Crippen LogP contribution < -0.4 is 10.3 Å². The molecule has 0 fully saturated rings. The van der Waals surface area contributed by atoms with Gasteiger partial charge in [-0.05, 0) is 35.9 Å². The zero-order valence-electron chi connectivity index (χ0n) is 15.6. The highest BCUT2D eigenvalue weighted by Gasteiger charge is 2.35. The summed E-state index contributed by atoms with van der Waals surface area (Å²) in [7, 11) is 0. The molecule has 0 saturated carbocycles. The molecule has 3 aromatic carbocycles. The van der Waals surface area contributed by atoms with Crippen LogP contribution in [0.25, 0.3) is 16.6 Å². The Morgan fingerprint density at radius 1 is 0.867 bits per heavy atom. The fourth-order valence-electron chi connectivity index (χ4n) is 4.06. The molecule has 0 spiro atoms. The maximum absolute atomic E-state index is 13.8. The molecule has 0 N–H and O–H groups in total. The predicted octanol–water partition coefficient (Wildman–Crippen LogP) is 5.74. The summed E-state index contributed by atoms with van der Waals surface area (Å²) < 4.78 is 7.26. The summed E-state index contributed by atoms with van der Waals surface area (Å²) in [4.78, 5) is 26.3. The van der Waals surface area contributed by atoms with Gasteiger partial charge in [-0.1, -0.05) is 65.7 Å². The summed E-state index contributed by atoms with van der Waals surface area (Å²) >= 11 is 12.7. The van der Waals surface area contributed by atoms with Crippen LogP contribution in [0, 0.1) is 0 Å². The SMILES string of the molecule is O=C1CC(c2cccc(Cl)c2Cl)c2c(c3ccccc3n(-c3ccccc3)c2=O)O1. The molecule has 1 aliphatic heterocycles. The molecule has 0 bridgehead atoms. The summed E-state index contributed by atoms with van der Waals surface area (Å²) in [6.07, 6.45) is 0.00936. The standard InChI is InChI=1S/C24H15Cl2NO3/c25-18-11-6-10-15(22(18)26)17-13-20(28)30-23-16-9-4-5-12-19(16)27(24(29)21(17)23)14-7-2-1-3-8-14/h1-12,17H,13H2. The van der Waals surface area contributed by atoms with Crippen LogP contribution in [0.5, 0.6) is 5.75 Å². The van der Waals surface area contributed by atoms with E-state index in [9.17, 15) is 9.59 Å². The molecular weight excluding hydrogens is 421 g/mol. The Bertz CT molecular complexity index is 1360. The van der Waals surface area contributed by atoms with Gasteiger partial charge in [0, 0.05) is 17.0 Å². The first kappa shape index (κ1) is 18.9. The van der Waals surface area contributed by atoms with Gasteiger partial charge in [0.2, 0.25) is 0 Å². The van der Waals surface area contributed by atoms with Crippen molar-refractivity contribution in [3.05, 3.63) is 104 Å². The van der Waals surface area contributed by atoms with Crippen LogP contribution in [0.4, 0.5) is 0 Å². The minimum atomic E-state index is -0.556. The van der Waals surface area contributed by atoms with Crippen LogP contribution in [-0.4, -0.2) is 10.5 Å². The summed E-state index contributed by atoms with van der Waals surface area (Å²) in [5.41, 5.74) is 2.19. The topological polar surface area (TPSA) is 48.3 Å². The van der Waals surface area contributed by atoms with Crippen molar-refractivity contribution in [1.29, 1.82) is 0 Å². The zero-order valence-corrected chi connectivity index (χ0v) is 17.2. The fraction of sp³-hybridized carbons (Fsp3) is 0.0833. The molecule has 0 aliphatic carbocycles. The lowest BCUT2D eigenvalue weighted by Crippen LogP contribution is -2.32. The van der Waals surface area contributed by atoms with E-state index in [0.29, 0.717) is 37.8 Å². The van der Waals surface area contributed by atoms with Crippen LogP contribution >= 0.6 is 23.2 Å². The van der Waals surface area contributed by atoms with E-state index in [2.05, 4.69) is 0 Å². The Hall–Kier alpha value is -3.08. The number of nitrogens with zero attached hydrogens (tertiary/aromatic N) is 1. The van der Waals surface area contributed by atoms with E-state index in [1.165, 1.54) is 0 Å². The van der Waals surface area contributed by atoms with Gasteiger partial charge in [0.25, 0.3) is 5.56 Å². The summed E-state index contributed by atoms with van der Waals surface area (Å²) in [6.45, 7) is 0. The predicted molar refractivity (Wildman–Crippen MR) is 118 cm³/mol. The number of esters is 1. The van der Waals surface area contributed by atoms with Crippen molar-refractivity contribution in [2.75, 3.05) is 0 Å². The van der Waals surface area contributed by atoms with Crippen molar-refractivity contribution >= 4 is 40.1 Å². The van der Waals surface area contributed by atoms with E-state index in [1.54, 1.807) is 22.8 Å². The van der Waals surface area contributed by atoms with Crippen LogP contribution in [0.15, 0.2) is 77.6 Å². The van der Waals surface area contributed by atoms with Crippen molar-refractivity contribution < 1.29 is 9.53 Å². The van der Waals surface area contributed by atoms with Gasteiger partial charge in [0.05, 0.1) is 27.5 Å². The normalized spacial score (nSPS) is 15.7. The van der Waals surface area contributed by atoms with Crippen molar-refractivity contribution in [1.82, 2.24) is 4.57 Å². The van der Waals surface area contributed by atoms with Gasteiger partial charge in [0.1, 0.15) is 5.75 Å². The average molecular weight is 436 g/mol. The number of rotatable bonds is 2. The highest BCUT2D eigenvalue weighted by Crippen LogP contribution is 2.44. The third kappa shape index (κ3) is 2.92. The molecule has 2 heterocycles. The van der Waals surface area contributed by atoms with E-state index >= 15 is 0 Å². The van der Waals surface area contributed by atoms with Crippen molar-refractivity contribution in [3.8, 4) is 11.4 Å². The lowest BCUT2D eigenvalue weighted by atomic mass is 9.86. The Morgan fingerprint density at radius 2 is 1.60 bits per heavy atom. The summed E-state index contributed by atoms with van der Waals surface area (Å²) in [5.74, 6) is -0.676. The maximum atomic E-state index is 13.8. The molecule has 4 nitrogen and oxygen atoms in total. The van der Waals surface area contributed by atoms with E-state index in [-0.39, 0.29) is 12.0 Å². The average Bonchev–Trinajstić information content (AvgIpc) is 2.76. The van der Waals surface area contributed by atoms with Gasteiger partial charge in [-0.3, -0.25) is 14.2 Å². The molecule has 30 heavy (non-hydrogen) atoms. The number of aromatic nitrogens is 1. The highest BCUT2D eigenvalue weighted by atomic mass is 35.5. The van der Waals surface area contributed by atoms with Gasteiger partial charge in [-0.25, -0.2) is 0 Å². The second kappa shape index (κ2) is 7.31. The maximum Gasteiger partial charge on any atom is 0.312 e. The highest BCUT2D eigenvalue weighted by molar-refractivity contribution is 6.42.